The van der Waals surface area contributed by atoms with Crippen LogP contribution in [0.3, 0.4) is 0 Å². The zero-order valence-corrected chi connectivity index (χ0v) is 21.2. The van der Waals surface area contributed by atoms with E-state index in [1.54, 1.807) is 6.07 Å². The van der Waals surface area contributed by atoms with Gasteiger partial charge in [0, 0.05) is 30.5 Å². The third kappa shape index (κ3) is 6.68. The quantitative estimate of drug-likeness (QED) is 0.194. The molecule has 1 heterocycles. The highest BCUT2D eigenvalue weighted by Gasteiger charge is 2.47. The molecule has 0 amide bonds. The lowest BCUT2D eigenvalue weighted by Gasteiger charge is -2.18. The van der Waals surface area contributed by atoms with E-state index in [2.05, 4.69) is 5.32 Å². The molecule has 3 rings (SSSR count). The van der Waals surface area contributed by atoms with Crippen molar-refractivity contribution in [2.45, 2.75) is 39.0 Å². The van der Waals surface area contributed by atoms with Crippen molar-refractivity contribution in [1.29, 1.82) is 0 Å². The lowest BCUT2D eigenvalue weighted by molar-refractivity contribution is -0.437. The van der Waals surface area contributed by atoms with Crippen molar-refractivity contribution in [2.24, 2.45) is 0 Å². The molecule has 0 saturated carbocycles. The minimum Gasteiger partial charge on any atom is -0.462 e. The number of fused-ring (bicyclic) bond motifs is 1. The molecule has 7 nitrogen and oxygen atoms in total. The summed E-state index contributed by atoms with van der Waals surface area (Å²) in [5.41, 5.74) is 3.54. The molecule has 8 heteroatoms. The van der Waals surface area contributed by atoms with Gasteiger partial charge in [-0.25, -0.2) is 4.79 Å². The summed E-state index contributed by atoms with van der Waals surface area (Å²) in [6.45, 7) is 6.74. The van der Waals surface area contributed by atoms with Crippen molar-refractivity contribution in [3.8, 4) is 0 Å². The molecule has 0 fully saturated rings. The van der Waals surface area contributed by atoms with Crippen molar-refractivity contribution < 1.29 is 27.1 Å². The normalized spacial score (nSPS) is 15.1. The fraction of sp³-hybridized carbons (Fsp3) is 0.333. The van der Waals surface area contributed by atoms with Gasteiger partial charge in [-0.05, 0) is 44.5 Å². The molecule has 0 bridgehead atoms. The summed E-state index contributed by atoms with van der Waals surface area (Å²) in [6, 6.07) is 15.3. The summed E-state index contributed by atoms with van der Waals surface area (Å²) < 4.78 is 39.3. The van der Waals surface area contributed by atoms with E-state index in [0.717, 1.165) is 29.1 Å². The van der Waals surface area contributed by atoms with Crippen molar-refractivity contribution in [3.63, 3.8) is 0 Å². The van der Waals surface area contributed by atoms with Gasteiger partial charge in [0.05, 0.1) is 28.9 Å². The molecule has 1 aliphatic heterocycles. The standard InChI is InChI=1S/C27H32N2O5S/c1-4-19-34-26(30)22-14-10-15-23-25(22)27(2,3)24(29(23)18-11-20-35(31,32)33)16-8-9-17-28-21-12-6-5-7-13-21/h5-10,12-17H,4,11,18-20H2,1-3H3,(H,31,32,33)/p+1. The summed E-state index contributed by atoms with van der Waals surface area (Å²) in [6.07, 6.45) is 8.56. The van der Waals surface area contributed by atoms with Crippen molar-refractivity contribution >= 4 is 33.2 Å². The lowest BCUT2D eigenvalue weighted by atomic mass is 9.79. The Balaban J connectivity index is 1.94. The van der Waals surface area contributed by atoms with E-state index in [9.17, 15) is 17.8 Å². The highest BCUT2D eigenvalue weighted by molar-refractivity contribution is 7.85. The SMILES string of the molecule is CCCOC(=O)c1cccc2c1C(C)(C)C(/C=C/C=C/Nc1ccccc1)=[N+]2CCCS(=O)(=O)O. The average molecular weight is 498 g/mol. The molecule has 0 aliphatic carbocycles. The summed E-state index contributed by atoms with van der Waals surface area (Å²) in [5.74, 6) is -0.707. The second-order valence-electron chi connectivity index (χ2n) is 8.87. The Hall–Kier alpha value is -3.23. The first-order valence-corrected chi connectivity index (χ1v) is 13.3. The summed E-state index contributed by atoms with van der Waals surface area (Å²) in [5, 5.41) is 3.20. The number of carbonyl (C=O) groups is 1. The number of rotatable bonds is 11. The number of para-hydroxylation sites is 1. The molecule has 0 unspecified atom stereocenters. The number of carbonyl (C=O) groups excluding carboxylic acids is 1. The molecule has 0 aromatic heterocycles. The Kier molecular flexibility index (Phi) is 8.64. The smallest absolute Gasteiger partial charge is 0.338 e. The number of hydrogen-bond donors (Lipinski definition) is 2. The van der Waals surface area contributed by atoms with Crippen LogP contribution in [0.2, 0.25) is 0 Å². The molecule has 2 N–H and O–H groups in total. The number of allylic oxidation sites excluding steroid dienone is 3. The molecule has 35 heavy (non-hydrogen) atoms. The Labute approximate surface area is 207 Å². The van der Waals surface area contributed by atoms with E-state index in [1.165, 1.54) is 0 Å². The van der Waals surface area contributed by atoms with Crippen molar-refractivity contribution in [2.75, 3.05) is 24.2 Å². The molecule has 0 radical (unpaired) electrons. The highest BCUT2D eigenvalue weighted by atomic mass is 32.2. The maximum atomic E-state index is 12.8. The van der Waals surface area contributed by atoms with Gasteiger partial charge in [0.2, 0.25) is 5.69 Å². The monoisotopic (exact) mass is 497 g/mol. The van der Waals surface area contributed by atoms with Gasteiger partial charge in [0.1, 0.15) is 6.54 Å². The average Bonchev–Trinajstić information content (AvgIpc) is 3.03. The number of hydrogen-bond acceptors (Lipinski definition) is 5. The van der Waals surface area contributed by atoms with E-state index < -0.39 is 15.5 Å². The Morgan fingerprint density at radius 3 is 2.54 bits per heavy atom. The molecule has 2 aromatic carbocycles. The minimum atomic E-state index is -4.07. The Morgan fingerprint density at radius 1 is 1.11 bits per heavy atom. The topological polar surface area (TPSA) is 95.7 Å². The van der Waals surface area contributed by atoms with E-state index in [4.69, 9.17) is 4.74 Å². The lowest BCUT2D eigenvalue weighted by Crippen LogP contribution is -2.29. The summed E-state index contributed by atoms with van der Waals surface area (Å²) in [7, 11) is -4.07. The summed E-state index contributed by atoms with van der Waals surface area (Å²) in [4.78, 5) is 12.8. The fourth-order valence-electron chi connectivity index (χ4n) is 4.29. The van der Waals surface area contributed by atoms with Gasteiger partial charge in [-0.2, -0.15) is 13.0 Å². The Morgan fingerprint density at radius 2 is 1.86 bits per heavy atom. The maximum Gasteiger partial charge on any atom is 0.338 e. The van der Waals surface area contributed by atoms with Crippen molar-refractivity contribution in [1.82, 2.24) is 0 Å². The number of esters is 1. The second kappa shape index (κ2) is 11.5. The van der Waals surface area contributed by atoms with E-state index in [1.807, 2.05) is 92.2 Å². The van der Waals surface area contributed by atoms with Crippen molar-refractivity contribution in [3.05, 3.63) is 84.1 Å². The van der Waals surface area contributed by atoms with Crippen LogP contribution in [0.4, 0.5) is 11.4 Å². The number of anilines is 1. The number of benzene rings is 2. The van der Waals surface area contributed by atoms with Gasteiger partial charge in [-0.15, -0.1) is 0 Å². The van der Waals surface area contributed by atoms with Crippen LogP contribution in [-0.4, -0.2) is 48.1 Å². The minimum absolute atomic E-state index is 0.238. The first-order chi connectivity index (χ1) is 16.6. The third-order valence-corrected chi connectivity index (χ3v) is 6.62. The first-order valence-electron chi connectivity index (χ1n) is 11.7. The third-order valence-electron chi connectivity index (χ3n) is 5.82. The van der Waals surface area contributed by atoms with Crippen LogP contribution >= 0.6 is 0 Å². The van der Waals surface area contributed by atoms with E-state index in [-0.39, 0.29) is 18.1 Å². The van der Waals surface area contributed by atoms with Crippen LogP contribution in [0.1, 0.15) is 49.5 Å². The molecule has 0 saturated heterocycles. The predicted molar refractivity (Wildman–Crippen MR) is 139 cm³/mol. The van der Waals surface area contributed by atoms with Crippen LogP contribution in [-0.2, 0) is 20.3 Å². The zero-order valence-electron chi connectivity index (χ0n) is 20.4. The van der Waals surface area contributed by atoms with E-state index in [0.29, 0.717) is 18.7 Å². The predicted octanol–water partition coefficient (Wildman–Crippen LogP) is 5.09. The molecular formula is C27H33N2O5S+. The van der Waals surface area contributed by atoms with Gasteiger partial charge >= 0.3 is 5.97 Å². The fourth-order valence-corrected chi connectivity index (χ4v) is 4.78. The number of nitrogens with one attached hydrogen (secondary N) is 1. The molecule has 186 valence electrons. The number of nitrogens with zero attached hydrogens (tertiary/aromatic N) is 1. The van der Waals surface area contributed by atoms with E-state index >= 15 is 0 Å². The van der Waals surface area contributed by atoms with Gasteiger partial charge in [-0.1, -0.05) is 37.3 Å². The zero-order chi connectivity index (χ0) is 25.5. The summed E-state index contributed by atoms with van der Waals surface area (Å²) >= 11 is 0. The number of ether oxygens (including phenoxy) is 1. The van der Waals surface area contributed by atoms with Gasteiger partial charge in [0.25, 0.3) is 10.1 Å². The largest absolute Gasteiger partial charge is 0.462 e. The first kappa shape index (κ1) is 26.4. The molecule has 0 atom stereocenters. The maximum absolute atomic E-state index is 12.8. The van der Waals surface area contributed by atoms with Crippen LogP contribution in [0, 0.1) is 0 Å². The molecule has 1 aliphatic rings. The molecule has 2 aromatic rings. The van der Waals surface area contributed by atoms with Crippen LogP contribution in [0.15, 0.2) is 73.0 Å². The van der Waals surface area contributed by atoms with Crippen LogP contribution in [0.25, 0.3) is 0 Å². The van der Waals surface area contributed by atoms with Gasteiger partial charge in [0.15, 0.2) is 5.71 Å². The van der Waals surface area contributed by atoms with Gasteiger partial charge < -0.3 is 10.1 Å². The van der Waals surface area contributed by atoms with Gasteiger partial charge in [-0.3, -0.25) is 4.55 Å². The Bertz CT molecular complexity index is 1250. The highest BCUT2D eigenvalue weighted by Crippen LogP contribution is 2.42. The second-order valence-corrected chi connectivity index (χ2v) is 10.4. The van der Waals surface area contributed by atoms with Crippen LogP contribution < -0.4 is 5.32 Å². The van der Waals surface area contributed by atoms with Crippen LogP contribution in [0.5, 0.6) is 0 Å². The molecular weight excluding hydrogens is 464 g/mol. The molecule has 0 spiro atoms.